The van der Waals surface area contributed by atoms with E-state index in [1.165, 1.54) is 0 Å². The Morgan fingerprint density at radius 1 is 0.925 bits per heavy atom. The average Bonchev–Trinajstić information content (AvgIpc) is 2.93. The van der Waals surface area contributed by atoms with Crippen molar-refractivity contribution in [3.8, 4) is 0 Å². The Labute approximate surface area is 241 Å². The van der Waals surface area contributed by atoms with Gasteiger partial charge < -0.3 is 19.2 Å². The summed E-state index contributed by atoms with van der Waals surface area (Å²) < 4.78 is 17.6. The van der Waals surface area contributed by atoms with Crippen molar-refractivity contribution in [3.05, 3.63) is 97.1 Å². The fourth-order valence-electron chi connectivity index (χ4n) is 3.58. The highest BCUT2D eigenvalue weighted by Crippen LogP contribution is 2.36. The summed E-state index contributed by atoms with van der Waals surface area (Å²) in [6, 6.07) is 18.0. The van der Waals surface area contributed by atoms with E-state index in [0.717, 1.165) is 11.1 Å². The topological polar surface area (TPSA) is 77.1 Å². The second-order valence-electron chi connectivity index (χ2n) is 11.5. The zero-order valence-electron chi connectivity index (χ0n) is 24.9. The van der Waals surface area contributed by atoms with Gasteiger partial charge in [0.15, 0.2) is 8.32 Å². The molecule has 8 heteroatoms. The number of rotatable bonds is 14. The molecule has 0 saturated heterocycles. The maximum Gasteiger partial charge on any atom is 0.410 e. The summed E-state index contributed by atoms with van der Waals surface area (Å²) >= 11 is 0. The van der Waals surface area contributed by atoms with Crippen LogP contribution in [0, 0.1) is 5.92 Å². The lowest BCUT2D eigenvalue weighted by molar-refractivity contribution is 0.0680. The Balaban J connectivity index is 2.23. The van der Waals surface area contributed by atoms with E-state index < -0.39 is 32.6 Å². The van der Waals surface area contributed by atoms with E-state index in [2.05, 4.69) is 52.3 Å². The molecule has 218 valence electrons. The van der Waals surface area contributed by atoms with Crippen LogP contribution in [0.4, 0.5) is 9.59 Å². The number of nitrogens with zero attached hydrogens (tertiary/aromatic N) is 1. The van der Waals surface area contributed by atoms with E-state index in [1.54, 1.807) is 17.1 Å². The minimum atomic E-state index is -2.11. The number of alkyl carbamates (subject to hydrolysis) is 1. The van der Waals surface area contributed by atoms with Gasteiger partial charge in [0.05, 0.1) is 18.7 Å². The first kappa shape index (κ1) is 32.8. The quantitative estimate of drug-likeness (QED) is 0.192. The Bertz CT molecular complexity index is 1090. The molecule has 0 radical (unpaired) electrons. The van der Waals surface area contributed by atoms with E-state index >= 15 is 0 Å². The van der Waals surface area contributed by atoms with Crippen LogP contribution in [0.2, 0.25) is 18.1 Å². The molecule has 7 nitrogen and oxygen atoms in total. The van der Waals surface area contributed by atoms with Gasteiger partial charge in [0.2, 0.25) is 0 Å². The lowest BCUT2D eigenvalue weighted by atomic mass is 10.0. The third kappa shape index (κ3) is 10.3. The first-order valence-electron chi connectivity index (χ1n) is 13.7. The molecule has 0 fully saturated rings. The summed E-state index contributed by atoms with van der Waals surface area (Å²) in [6.07, 6.45) is 2.34. The van der Waals surface area contributed by atoms with Crippen LogP contribution in [-0.4, -0.2) is 50.6 Å². The van der Waals surface area contributed by atoms with Gasteiger partial charge >= 0.3 is 12.2 Å². The third-order valence-corrected chi connectivity index (χ3v) is 11.9. The smallest absolute Gasteiger partial charge is 0.410 e. The number of nitrogens with one attached hydrogen (secondary N) is 1. The first-order chi connectivity index (χ1) is 18.9. The van der Waals surface area contributed by atoms with E-state index in [9.17, 15) is 9.59 Å². The van der Waals surface area contributed by atoms with Crippen molar-refractivity contribution in [3.63, 3.8) is 0 Å². The predicted octanol–water partition coefficient (Wildman–Crippen LogP) is 7.32. The molecule has 0 spiro atoms. The van der Waals surface area contributed by atoms with E-state index in [0.29, 0.717) is 0 Å². The summed E-state index contributed by atoms with van der Waals surface area (Å²) in [5.41, 5.74) is 1.76. The van der Waals surface area contributed by atoms with Crippen molar-refractivity contribution in [2.75, 3.05) is 13.2 Å². The number of carbonyl (C=O) groups excluding carboxylic acids is 2. The summed E-state index contributed by atoms with van der Waals surface area (Å²) in [4.78, 5) is 27.9. The number of hydrogen-bond donors (Lipinski definition) is 1. The molecule has 0 unspecified atom stereocenters. The SMILES string of the molecule is C=C[C@H](CO[Si](C)(C)C(C)(C)C)N(C[C@H](NC(=O)OCc1ccccc1)[C@@H](C)C=C)C(=O)OCc1ccccc1. The summed E-state index contributed by atoms with van der Waals surface area (Å²) in [5, 5.41) is 2.93. The van der Waals surface area contributed by atoms with Crippen LogP contribution in [0.25, 0.3) is 0 Å². The fraction of sp³-hybridized carbons (Fsp3) is 0.438. The van der Waals surface area contributed by atoms with Crippen LogP contribution >= 0.6 is 0 Å². The Morgan fingerprint density at radius 3 is 1.93 bits per heavy atom. The minimum Gasteiger partial charge on any atom is -0.445 e. The number of ether oxygens (including phenoxy) is 2. The molecule has 0 aliphatic carbocycles. The molecule has 2 aromatic carbocycles. The molecule has 0 aliphatic heterocycles. The maximum absolute atomic E-state index is 13.5. The molecule has 0 saturated carbocycles. The molecule has 0 bridgehead atoms. The molecule has 40 heavy (non-hydrogen) atoms. The van der Waals surface area contributed by atoms with Crippen LogP contribution in [0.5, 0.6) is 0 Å². The van der Waals surface area contributed by atoms with Crippen LogP contribution in [0.1, 0.15) is 38.8 Å². The number of amides is 2. The first-order valence-corrected chi connectivity index (χ1v) is 16.6. The molecule has 2 rings (SSSR count). The average molecular weight is 567 g/mol. The molecule has 0 aromatic heterocycles. The van der Waals surface area contributed by atoms with Crippen molar-refractivity contribution >= 4 is 20.5 Å². The highest BCUT2D eigenvalue weighted by Gasteiger charge is 2.38. The molecule has 0 aliphatic rings. The van der Waals surface area contributed by atoms with Crippen molar-refractivity contribution in [2.24, 2.45) is 5.92 Å². The van der Waals surface area contributed by atoms with Gasteiger partial charge in [0.25, 0.3) is 0 Å². The number of hydrogen-bond acceptors (Lipinski definition) is 5. The van der Waals surface area contributed by atoms with E-state index in [4.69, 9.17) is 13.9 Å². The van der Waals surface area contributed by atoms with Crippen LogP contribution in [0.3, 0.4) is 0 Å². The van der Waals surface area contributed by atoms with Crippen LogP contribution in [0.15, 0.2) is 86.0 Å². The minimum absolute atomic E-state index is 0.00131. The van der Waals surface area contributed by atoms with Crippen LogP contribution in [-0.2, 0) is 27.1 Å². The molecular formula is C32H46N2O5Si. The summed E-state index contributed by atoms with van der Waals surface area (Å²) in [6.45, 7) is 21.3. The van der Waals surface area contributed by atoms with Gasteiger partial charge in [-0.1, -0.05) is 101 Å². The Hall–Kier alpha value is -3.36. The van der Waals surface area contributed by atoms with Crippen molar-refractivity contribution in [1.29, 1.82) is 0 Å². The van der Waals surface area contributed by atoms with Gasteiger partial charge in [-0.05, 0) is 35.2 Å². The van der Waals surface area contributed by atoms with E-state index in [-0.39, 0.29) is 37.3 Å². The summed E-state index contributed by atoms with van der Waals surface area (Å²) in [7, 11) is -2.11. The van der Waals surface area contributed by atoms with E-state index in [1.807, 2.05) is 67.6 Å². The van der Waals surface area contributed by atoms with Crippen molar-refractivity contribution in [2.45, 2.75) is 71.1 Å². The Morgan fingerprint density at radius 2 is 1.45 bits per heavy atom. The van der Waals surface area contributed by atoms with Gasteiger partial charge in [0, 0.05) is 6.54 Å². The second kappa shape index (κ2) is 15.4. The predicted molar refractivity (Wildman–Crippen MR) is 163 cm³/mol. The van der Waals surface area contributed by atoms with Crippen LogP contribution < -0.4 is 5.32 Å². The van der Waals surface area contributed by atoms with Gasteiger partial charge in [-0.2, -0.15) is 0 Å². The fourth-order valence-corrected chi connectivity index (χ4v) is 4.60. The maximum atomic E-state index is 13.5. The Kier molecular flexibility index (Phi) is 12.7. The monoisotopic (exact) mass is 566 g/mol. The lowest BCUT2D eigenvalue weighted by Crippen LogP contribution is -2.53. The van der Waals surface area contributed by atoms with Crippen molar-refractivity contribution < 1.29 is 23.5 Å². The summed E-state index contributed by atoms with van der Waals surface area (Å²) in [5.74, 6) is -0.166. The standard InChI is InChI=1S/C32H46N2O5Si/c1-9-25(3)29(33-30(35)37-22-26-17-13-11-14-18-26)21-34(31(36)38-23-27-19-15-12-16-20-27)28(10-2)24-39-40(7,8)32(4,5)6/h9-20,25,28-29H,1-2,21-24H2,3-8H3,(H,33,35)/t25-,28+,29-/m0/s1. The largest absolute Gasteiger partial charge is 0.445 e. The molecule has 0 heterocycles. The zero-order valence-corrected chi connectivity index (χ0v) is 25.9. The van der Waals surface area contributed by atoms with Gasteiger partial charge in [-0.25, -0.2) is 9.59 Å². The lowest BCUT2D eigenvalue weighted by Gasteiger charge is -2.39. The number of benzene rings is 2. The molecule has 3 atom stereocenters. The highest BCUT2D eigenvalue weighted by atomic mass is 28.4. The van der Waals surface area contributed by atoms with Crippen molar-refractivity contribution in [1.82, 2.24) is 10.2 Å². The normalized spacial score (nSPS) is 13.8. The molecular weight excluding hydrogens is 520 g/mol. The highest BCUT2D eigenvalue weighted by molar-refractivity contribution is 6.74. The molecule has 1 N–H and O–H groups in total. The third-order valence-electron chi connectivity index (χ3n) is 7.45. The zero-order chi connectivity index (χ0) is 29.8. The van der Waals surface area contributed by atoms with Gasteiger partial charge in [0.1, 0.15) is 13.2 Å². The van der Waals surface area contributed by atoms with Gasteiger partial charge in [-0.3, -0.25) is 4.90 Å². The van der Waals surface area contributed by atoms with Gasteiger partial charge in [-0.15, -0.1) is 13.2 Å². The number of carbonyl (C=O) groups is 2. The second-order valence-corrected chi connectivity index (χ2v) is 16.3. The molecule has 2 aromatic rings. The molecule has 2 amide bonds.